The van der Waals surface area contributed by atoms with Crippen LogP contribution in [0.3, 0.4) is 0 Å². The first-order chi connectivity index (χ1) is 10.4. The zero-order valence-corrected chi connectivity index (χ0v) is 13.2. The monoisotopic (exact) mass is 324 g/mol. The van der Waals surface area contributed by atoms with Crippen molar-refractivity contribution in [3.8, 4) is 0 Å². The smallest absolute Gasteiger partial charge is 0.258 e. The minimum atomic E-state index is -3.23. The summed E-state index contributed by atoms with van der Waals surface area (Å²) in [7, 11) is -3.23. The SMILES string of the molecule is O=[N+]([O-])c1ccc(CCS(=O)(=O)N2CCC3(CCC3)C2)cc1. The van der Waals surface area contributed by atoms with E-state index in [0.29, 0.717) is 19.5 Å². The van der Waals surface area contributed by atoms with E-state index in [1.165, 1.54) is 18.6 Å². The van der Waals surface area contributed by atoms with E-state index in [4.69, 9.17) is 0 Å². The third kappa shape index (κ3) is 3.01. The Morgan fingerprint density at radius 1 is 1.18 bits per heavy atom. The van der Waals surface area contributed by atoms with Crippen LogP contribution in [0.2, 0.25) is 0 Å². The third-order valence-corrected chi connectivity index (χ3v) is 6.83. The summed E-state index contributed by atoms with van der Waals surface area (Å²) in [6, 6.07) is 6.10. The van der Waals surface area contributed by atoms with Gasteiger partial charge in [-0.3, -0.25) is 10.1 Å². The molecule has 6 nitrogen and oxygen atoms in total. The fourth-order valence-corrected chi connectivity index (χ4v) is 4.97. The Morgan fingerprint density at radius 2 is 1.86 bits per heavy atom. The molecule has 22 heavy (non-hydrogen) atoms. The second-order valence-electron chi connectivity index (χ2n) is 6.43. The van der Waals surface area contributed by atoms with Gasteiger partial charge in [-0.15, -0.1) is 0 Å². The van der Waals surface area contributed by atoms with Gasteiger partial charge in [0.2, 0.25) is 10.0 Å². The summed E-state index contributed by atoms with van der Waals surface area (Å²) in [5.41, 5.74) is 1.10. The molecule has 3 rings (SSSR count). The number of benzene rings is 1. The fourth-order valence-electron chi connectivity index (χ4n) is 3.38. The number of sulfonamides is 1. The fraction of sp³-hybridized carbons (Fsp3) is 0.600. The number of rotatable bonds is 5. The Morgan fingerprint density at radius 3 is 2.36 bits per heavy atom. The van der Waals surface area contributed by atoms with Crippen molar-refractivity contribution < 1.29 is 13.3 Å². The van der Waals surface area contributed by atoms with Gasteiger partial charge in [0.15, 0.2) is 0 Å². The van der Waals surface area contributed by atoms with Crippen LogP contribution in [0.4, 0.5) is 5.69 Å². The van der Waals surface area contributed by atoms with E-state index in [1.807, 2.05) is 0 Å². The summed E-state index contributed by atoms with van der Waals surface area (Å²) in [4.78, 5) is 10.1. The Hall–Kier alpha value is -1.47. The maximum Gasteiger partial charge on any atom is 0.269 e. The molecule has 2 aliphatic rings. The molecule has 1 aliphatic carbocycles. The van der Waals surface area contributed by atoms with E-state index in [1.54, 1.807) is 16.4 Å². The lowest BCUT2D eigenvalue weighted by atomic mass is 9.68. The Balaban J connectivity index is 1.59. The van der Waals surface area contributed by atoms with Gasteiger partial charge in [-0.1, -0.05) is 18.6 Å². The lowest BCUT2D eigenvalue weighted by Crippen LogP contribution is -2.37. The summed E-state index contributed by atoms with van der Waals surface area (Å²) >= 11 is 0. The molecule has 1 saturated heterocycles. The molecule has 1 saturated carbocycles. The van der Waals surface area contributed by atoms with Crippen LogP contribution in [0.1, 0.15) is 31.2 Å². The van der Waals surface area contributed by atoms with Crippen LogP contribution in [0, 0.1) is 15.5 Å². The van der Waals surface area contributed by atoms with Crippen LogP contribution < -0.4 is 0 Å². The van der Waals surface area contributed by atoms with Crippen LogP contribution in [0.25, 0.3) is 0 Å². The van der Waals surface area contributed by atoms with Crippen LogP contribution in [0.5, 0.6) is 0 Å². The zero-order valence-electron chi connectivity index (χ0n) is 12.4. The van der Waals surface area contributed by atoms with E-state index in [9.17, 15) is 18.5 Å². The highest BCUT2D eigenvalue weighted by atomic mass is 32.2. The summed E-state index contributed by atoms with van der Waals surface area (Å²) in [6.45, 7) is 1.32. The van der Waals surface area contributed by atoms with Gasteiger partial charge in [-0.25, -0.2) is 12.7 Å². The number of non-ortho nitro benzene ring substituents is 1. The molecule has 0 aromatic heterocycles. The van der Waals surface area contributed by atoms with E-state index < -0.39 is 14.9 Å². The molecular formula is C15H20N2O4S. The normalized spacial score (nSPS) is 20.9. The van der Waals surface area contributed by atoms with Crippen molar-refractivity contribution in [3.05, 3.63) is 39.9 Å². The average molecular weight is 324 g/mol. The summed E-state index contributed by atoms with van der Waals surface area (Å²) in [5, 5.41) is 10.6. The highest BCUT2D eigenvalue weighted by molar-refractivity contribution is 7.89. The number of hydrogen-bond acceptors (Lipinski definition) is 4. The Labute approximate surface area is 130 Å². The molecule has 2 fully saturated rings. The predicted octanol–water partition coefficient (Wildman–Crippen LogP) is 2.34. The van der Waals surface area contributed by atoms with Gasteiger partial charge in [-0.05, 0) is 36.7 Å². The van der Waals surface area contributed by atoms with Gasteiger partial charge in [0.1, 0.15) is 0 Å². The molecule has 0 bridgehead atoms. The lowest BCUT2D eigenvalue weighted by Gasteiger charge is -2.38. The summed E-state index contributed by atoms with van der Waals surface area (Å²) in [5.74, 6) is 0.0703. The van der Waals surface area contributed by atoms with Crippen molar-refractivity contribution in [1.82, 2.24) is 4.31 Å². The largest absolute Gasteiger partial charge is 0.269 e. The van der Waals surface area contributed by atoms with E-state index in [-0.39, 0.29) is 16.9 Å². The first kappa shape index (κ1) is 15.4. The van der Waals surface area contributed by atoms with Crippen molar-refractivity contribution in [2.24, 2.45) is 5.41 Å². The van der Waals surface area contributed by atoms with Crippen molar-refractivity contribution in [2.75, 3.05) is 18.8 Å². The number of hydrogen-bond donors (Lipinski definition) is 0. The van der Waals surface area contributed by atoms with Gasteiger partial charge >= 0.3 is 0 Å². The lowest BCUT2D eigenvalue weighted by molar-refractivity contribution is -0.384. The molecule has 0 N–H and O–H groups in total. The predicted molar refractivity (Wildman–Crippen MR) is 83.1 cm³/mol. The molecule has 0 radical (unpaired) electrons. The molecule has 120 valence electrons. The number of nitro groups is 1. The molecule has 1 aliphatic heterocycles. The van der Waals surface area contributed by atoms with Crippen molar-refractivity contribution in [2.45, 2.75) is 32.1 Å². The molecule has 7 heteroatoms. The van der Waals surface area contributed by atoms with E-state index >= 15 is 0 Å². The first-order valence-electron chi connectivity index (χ1n) is 7.61. The second kappa shape index (κ2) is 5.62. The van der Waals surface area contributed by atoms with Crippen molar-refractivity contribution in [3.63, 3.8) is 0 Å². The number of nitro benzene ring substituents is 1. The highest BCUT2D eigenvalue weighted by Crippen LogP contribution is 2.48. The van der Waals surface area contributed by atoms with Gasteiger partial charge in [0, 0.05) is 25.2 Å². The van der Waals surface area contributed by atoms with Crippen molar-refractivity contribution >= 4 is 15.7 Å². The maximum absolute atomic E-state index is 12.4. The second-order valence-corrected chi connectivity index (χ2v) is 8.52. The molecular weight excluding hydrogens is 304 g/mol. The van der Waals surface area contributed by atoms with E-state index in [2.05, 4.69) is 0 Å². The van der Waals surface area contributed by atoms with Crippen molar-refractivity contribution in [1.29, 1.82) is 0 Å². The molecule has 1 spiro atoms. The Kier molecular flexibility index (Phi) is 3.94. The molecule has 0 unspecified atom stereocenters. The first-order valence-corrected chi connectivity index (χ1v) is 9.22. The molecule has 0 atom stereocenters. The van der Waals surface area contributed by atoms with Crippen LogP contribution in [-0.2, 0) is 16.4 Å². The minimum Gasteiger partial charge on any atom is -0.258 e. The van der Waals surface area contributed by atoms with E-state index in [0.717, 1.165) is 24.8 Å². The standard InChI is InChI=1S/C15H20N2O4S/c18-17(19)14-4-2-13(3-5-14)6-11-22(20,21)16-10-9-15(12-16)7-1-8-15/h2-5H,1,6-12H2. The molecule has 1 aromatic rings. The average Bonchev–Trinajstić information content (AvgIpc) is 2.92. The third-order valence-electron chi connectivity index (χ3n) is 5.01. The zero-order chi connectivity index (χ0) is 15.8. The van der Waals surface area contributed by atoms with Gasteiger partial charge in [-0.2, -0.15) is 0 Å². The summed E-state index contributed by atoms with van der Waals surface area (Å²) < 4.78 is 26.5. The molecule has 1 heterocycles. The van der Waals surface area contributed by atoms with Gasteiger partial charge in [0.25, 0.3) is 5.69 Å². The molecule has 1 aromatic carbocycles. The molecule has 0 amide bonds. The van der Waals surface area contributed by atoms with Crippen LogP contribution in [-0.4, -0.2) is 36.5 Å². The Bertz CT molecular complexity index is 665. The quantitative estimate of drug-likeness (QED) is 0.615. The maximum atomic E-state index is 12.4. The summed E-state index contributed by atoms with van der Waals surface area (Å²) in [6.07, 6.45) is 4.91. The highest BCUT2D eigenvalue weighted by Gasteiger charge is 2.45. The van der Waals surface area contributed by atoms with Crippen LogP contribution >= 0.6 is 0 Å². The number of nitrogens with zero attached hydrogens (tertiary/aromatic N) is 2. The van der Waals surface area contributed by atoms with Gasteiger partial charge in [0.05, 0.1) is 10.7 Å². The topological polar surface area (TPSA) is 80.5 Å². The van der Waals surface area contributed by atoms with Crippen LogP contribution in [0.15, 0.2) is 24.3 Å². The van der Waals surface area contributed by atoms with Gasteiger partial charge < -0.3 is 0 Å². The number of aryl methyl sites for hydroxylation is 1. The minimum absolute atomic E-state index is 0.0260.